The maximum absolute atomic E-state index is 11.5. The molecule has 0 aromatic heterocycles. The van der Waals surface area contributed by atoms with Crippen LogP contribution in [0.1, 0.15) is 19.4 Å². The van der Waals surface area contributed by atoms with E-state index in [1.54, 1.807) is 13.0 Å². The van der Waals surface area contributed by atoms with Crippen molar-refractivity contribution in [1.29, 1.82) is 0 Å². The number of primary sulfonamides is 1. The smallest absolute Gasteiger partial charge is 0.238 e. The predicted molar refractivity (Wildman–Crippen MR) is 75.9 cm³/mol. The van der Waals surface area contributed by atoms with Gasteiger partial charge in [-0.25, -0.2) is 13.6 Å². The third-order valence-corrected chi connectivity index (χ3v) is 4.18. The third kappa shape index (κ3) is 3.69. The first kappa shape index (κ1) is 15.2. The molecule has 0 saturated carbocycles. The van der Waals surface area contributed by atoms with Gasteiger partial charge in [-0.15, -0.1) is 0 Å². The number of nitrogens with two attached hydrogens (primary N) is 1. The van der Waals surface area contributed by atoms with Crippen LogP contribution in [0.5, 0.6) is 0 Å². The molecule has 1 aromatic rings. The molecule has 0 spiro atoms. The van der Waals surface area contributed by atoms with Gasteiger partial charge < -0.3 is 14.8 Å². The summed E-state index contributed by atoms with van der Waals surface area (Å²) in [6.07, 6.45) is 0. The Morgan fingerprint density at radius 2 is 1.90 bits per heavy atom. The first-order chi connectivity index (χ1) is 9.17. The van der Waals surface area contributed by atoms with Crippen LogP contribution in [0.15, 0.2) is 23.1 Å². The average molecular weight is 300 g/mol. The van der Waals surface area contributed by atoms with Gasteiger partial charge in [-0.2, -0.15) is 0 Å². The Hall–Kier alpha value is -1.15. The number of hydrogen-bond acceptors (Lipinski definition) is 5. The van der Waals surface area contributed by atoms with Crippen LogP contribution in [0.3, 0.4) is 0 Å². The number of rotatable bonds is 3. The standard InChI is InChI=1S/C13H20N2O4S/c1-9-4-5-10(6-12(9)20(14,16)17)15-11-7-18-13(2,3)19-8-11/h4-6,11,15H,7-8H2,1-3H3,(H2,14,16,17). The summed E-state index contributed by atoms with van der Waals surface area (Å²) >= 11 is 0. The van der Waals surface area contributed by atoms with Crippen molar-refractivity contribution in [3.8, 4) is 0 Å². The minimum absolute atomic E-state index is 0.0286. The molecule has 112 valence electrons. The van der Waals surface area contributed by atoms with Gasteiger partial charge in [0.15, 0.2) is 5.79 Å². The lowest BCUT2D eigenvalue weighted by atomic mass is 10.2. The van der Waals surface area contributed by atoms with Crippen LogP contribution in [0.4, 0.5) is 5.69 Å². The minimum Gasteiger partial charge on any atom is -0.378 e. The maximum atomic E-state index is 11.5. The Bertz CT molecular complexity index is 588. The number of sulfonamides is 1. The van der Waals surface area contributed by atoms with Gasteiger partial charge in [0, 0.05) is 5.69 Å². The summed E-state index contributed by atoms with van der Waals surface area (Å²) in [6.45, 7) is 6.40. The van der Waals surface area contributed by atoms with Crippen molar-refractivity contribution in [3.63, 3.8) is 0 Å². The van der Waals surface area contributed by atoms with E-state index < -0.39 is 15.8 Å². The van der Waals surface area contributed by atoms with Gasteiger partial charge in [-0.05, 0) is 38.5 Å². The summed E-state index contributed by atoms with van der Waals surface area (Å²) in [7, 11) is -3.72. The monoisotopic (exact) mass is 300 g/mol. The topological polar surface area (TPSA) is 90.7 Å². The van der Waals surface area contributed by atoms with E-state index in [2.05, 4.69) is 5.32 Å². The van der Waals surface area contributed by atoms with E-state index in [9.17, 15) is 8.42 Å². The van der Waals surface area contributed by atoms with Crippen LogP contribution in [0, 0.1) is 6.92 Å². The lowest BCUT2D eigenvalue weighted by molar-refractivity contribution is -0.247. The van der Waals surface area contributed by atoms with Crippen molar-refractivity contribution < 1.29 is 17.9 Å². The molecule has 7 heteroatoms. The molecule has 2 rings (SSSR count). The molecule has 1 aliphatic heterocycles. The molecule has 3 N–H and O–H groups in total. The summed E-state index contributed by atoms with van der Waals surface area (Å²) in [5.74, 6) is -0.572. The number of anilines is 1. The van der Waals surface area contributed by atoms with Crippen molar-refractivity contribution in [1.82, 2.24) is 0 Å². The fourth-order valence-electron chi connectivity index (χ4n) is 2.01. The molecule has 1 aromatic carbocycles. The summed E-state index contributed by atoms with van der Waals surface area (Å²) in [5.41, 5.74) is 1.30. The van der Waals surface area contributed by atoms with E-state index in [-0.39, 0.29) is 10.9 Å². The van der Waals surface area contributed by atoms with Gasteiger partial charge in [0.05, 0.1) is 24.2 Å². The highest BCUT2D eigenvalue weighted by molar-refractivity contribution is 7.89. The first-order valence-corrected chi connectivity index (χ1v) is 7.90. The number of hydrogen-bond donors (Lipinski definition) is 2. The zero-order chi connectivity index (χ0) is 15.0. The Labute approximate surface area is 119 Å². The summed E-state index contributed by atoms with van der Waals surface area (Å²) < 4.78 is 34.1. The average Bonchev–Trinajstić information content (AvgIpc) is 2.33. The normalized spacial score (nSPS) is 19.8. The van der Waals surface area contributed by atoms with Gasteiger partial charge in [0.25, 0.3) is 0 Å². The van der Waals surface area contributed by atoms with Crippen molar-refractivity contribution in [2.75, 3.05) is 18.5 Å². The van der Waals surface area contributed by atoms with E-state index >= 15 is 0 Å². The molecular formula is C13H20N2O4S. The molecule has 0 aliphatic carbocycles. The van der Waals surface area contributed by atoms with Crippen molar-refractivity contribution in [2.24, 2.45) is 5.14 Å². The second-order valence-electron chi connectivity index (χ2n) is 5.39. The molecule has 0 atom stereocenters. The van der Waals surface area contributed by atoms with E-state index in [4.69, 9.17) is 14.6 Å². The Morgan fingerprint density at radius 1 is 1.30 bits per heavy atom. The van der Waals surface area contributed by atoms with Gasteiger partial charge in [0.2, 0.25) is 10.0 Å². The van der Waals surface area contributed by atoms with Gasteiger partial charge in [-0.3, -0.25) is 0 Å². The SMILES string of the molecule is Cc1ccc(NC2COC(C)(C)OC2)cc1S(N)(=O)=O. The quantitative estimate of drug-likeness (QED) is 0.875. The third-order valence-electron chi connectivity index (χ3n) is 3.13. The van der Waals surface area contributed by atoms with Crippen LogP contribution in [0.2, 0.25) is 0 Å². The second kappa shape index (κ2) is 5.33. The fourth-order valence-corrected chi connectivity index (χ4v) is 2.82. The number of benzene rings is 1. The van der Waals surface area contributed by atoms with Crippen LogP contribution < -0.4 is 10.5 Å². The molecule has 1 heterocycles. The largest absolute Gasteiger partial charge is 0.378 e. The fraction of sp³-hybridized carbons (Fsp3) is 0.538. The van der Waals surface area contributed by atoms with E-state index in [0.29, 0.717) is 24.5 Å². The summed E-state index contributed by atoms with van der Waals surface area (Å²) in [6, 6.07) is 5.03. The van der Waals surface area contributed by atoms with E-state index in [1.165, 1.54) is 6.07 Å². The highest BCUT2D eigenvalue weighted by Gasteiger charge is 2.28. The molecule has 0 amide bonds. The van der Waals surface area contributed by atoms with E-state index in [0.717, 1.165) is 0 Å². The number of nitrogens with one attached hydrogen (secondary N) is 1. The molecule has 20 heavy (non-hydrogen) atoms. The molecule has 1 fully saturated rings. The highest BCUT2D eigenvalue weighted by atomic mass is 32.2. The summed E-state index contributed by atoms with van der Waals surface area (Å²) in [4.78, 5) is 0.125. The molecule has 0 bridgehead atoms. The first-order valence-electron chi connectivity index (χ1n) is 6.35. The van der Waals surface area contributed by atoms with Crippen LogP contribution in [0.25, 0.3) is 0 Å². The highest BCUT2D eigenvalue weighted by Crippen LogP contribution is 2.22. The van der Waals surface area contributed by atoms with Gasteiger partial charge >= 0.3 is 0 Å². The van der Waals surface area contributed by atoms with Crippen molar-refractivity contribution >= 4 is 15.7 Å². The number of aryl methyl sites for hydroxylation is 1. The predicted octanol–water partition coefficient (Wildman–Crippen LogP) is 1.21. The number of ether oxygens (including phenoxy) is 2. The van der Waals surface area contributed by atoms with Crippen LogP contribution in [-0.2, 0) is 19.5 Å². The van der Waals surface area contributed by atoms with Gasteiger partial charge in [-0.1, -0.05) is 6.07 Å². The maximum Gasteiger partial charge on any atom is 0.238 e. The lowest BCUT2D eigenvalue weighted by Crippen LogP contribution is -2.45. The van der Waals surface area contributed by atoms with E-state index in [1.807, 2.05) is 19.9 Å². The zero-order valence-electron chi connectivity index (χ0n) is 11.8. The van der Waals surface area contributed by atoms with Crippen LogP contribution >= 0.6 is 0 Å². The lowest BCUT2D eigenvalue weighted by Gasteiger charge is -2.35. The molecule has 6 nitrogen and oxygen atoms in total. The summed E-state index contributed by atoms with van der Waals surface area (Å²) in [5, 5.41) is 8.38. The molecule has 0 radical (unpaired) electrons. The second-order valence-corrected chi connectivity index (χ2v) is 6.92. The van der Waals surface area contributed by atoms with Crippen molar-refractivity contribution in [3.05, 3.63) is 23.8 Å². The minimum atomic E-state index is -3.72. The Balaban J connectivity index is 2.12. The Kier molecular flexibility index (Phi) is 4.06. The molecule has 1 saturated heterocycles. The Morgan fingerprint density at radius 3 is 2.45 bits per heavy atom. The van der Waals surface area contributed by atoms with Gasteiger partial charge in [0.1, 0.15) is 0 Å². The molecular weight excluding hydrogens is 280 g/mol. The molecule has 0 unspecified atom stereocenters. The van der Waals surface area contributed by atoms with Crippen molar-refractivity contribution in [2.45, 2.75) is 37.5 Å². The molecule has 1 aliphatic rings. The van der Waals surface area contributed by atoms with Crippen LogP contribution in [-0.4, -0.2) is 33.5 Å². The zero-order valence-corrected chi connectivity index (χ0v) is 12.7.